The summed E-state index contributed by atoms with van der Waals surface area (Å²) in [7, 11) is 0. The number of amides is 1. The molecule has 94 valence electrons. The van der Waals surface area contributed by atoms with Crippen LogP contribution in [0, 0.1) is 0 Å². The molecule has 0 unspecified atom stereocenters. The molecule has 3 nitrogen and oxygen atoms in total. The third-order valence-corrected chi connectivity index (χ3v) is 3.62. The van der Waals surface area contributed by atoms with Crippen LogP contribution in [0.3, 0.4) is 0 Å². The highest BCUT2D eigenvalue weighted by Gasteiger charge is 2.06. The first-order valence-electron chi connectivity index (χ1n) is 5.41. The molecule has 5 heteroatoms. The second-order valence-corrected chi connectivity index (χ2v) is 5.22. The Hall–Kier alpha value is -0.710. The number of carbonyl (C=O) groups excluding carboxylic acids is 1. The van der Waals surface area contributed by atoms with Crippen molar-refractivity contribution in [3.05, 3.63) is 29.3 Å². The lowest BCUT2D eigenvalue weighted by Crippen LogP contribution is -2.35. The maximum absolute atomic E-state index is 11.4. The molecule has 0 aliphatic carbocycles. The van der Waals surface area contributed by atoms with Crippen LogP contribution in [0.1, 0.15) is 13.3 Å². The van der Waals surface area contributed by atoms with E-state index in [2.05, 4.69) is 5.32 Å². The summed E-state index contributed by atoms with van der Waals surface area (Å²) in [6, 6.07) is 7.37. The van der Waals surface area contributed by atoms with Crippen LogP contribution >= 0.6 is 23.4 Å². The van der Waals surface area contributed by atoms with Crippen molar-refractivity contribution in [2.75, 3.05) is 12.4 Å². The van der Waals surface area contributed by atoms with E-state index in [1.807, 2.05) is 24.3 Å². The number of thioether (sulfide) groups is 1. The van der Waals surface area contributed by atoms with Gasteiger partial charge in [0.05, 0.1) is 11.6 Å². The highest BCUT2D eigenvalue weighted by Crippen LogP contribution is 2.26. The Bertz CT molecular complexity index is 373. The average Bonchev–Trinajstić information content (AvgIpc) is 2.31. The minimum atomic E-state index is -0.187. The van der Waals surface area contributed by atoms with E-state index in [-0.39, 0.29) is 18.6 Å². The quantitative estimate of drug-likeness (QED) is 0.782. The molecule has 0 spiro atoms. The summed E-state index contributed by atoms with van der Waals surface area (Å²) in [6.07, 6.45) is 0.417. The molecule has 1 atom stereocenters. The largest absolute Gasteiger partial charge is 0.394 e. The molecular formula is C12H16ClNO2S. The van der Waals surface area contributed by atoms with Crippen LogP contribution in [0.25, 0.3) is 0 Å². The zero-order valence-electron chi connectivity index (χ0n) is 9.65. The van der Waals surface area contributed by atoms with Crippen LogP contribution in [0.2, 0.25) is 5.02 Å². The molecule has 1 aromatic rings. The van der Waals surface area contributed by atoms with Crippen molar-refractivity contribution < 1.29 is 9.90 Å². The number of nitrogens with one attached hydrogen (secondary N) is 1. The van der Waals surface area contributed by atoms with Gasteiger partial charge in [-0.3, -0.25) is 4.79 Å². The van der Waals surface area contributed by atoms with Gasteiger partial charge in [-0.1, -0.05) is 23.7 Å². The molecule has 0 aliphatic rings. The third-order valence-electron chi connectivity index (χ3n) is 2.10. The zero-order chi connectivity index (χ0) is 12.7. The van der Waals surface area contributed by atoms with Gasteiger partial charge in [0.15, 0.2) is 0 Å². The molecule has 0 heterocycles. The number of hydrogen-bond acceptors (Lipinski definition) is 3. The summed E-state index contributed by atoms with van der Waals surface area (Å²) in [4.78, 5) is 12.4. The summed E-state index contributed by atoms with van der Waals surface area (Å²) in [5.74, 6) is 0.624. The Kier molecular flexibility index (Phi) is 6.40. The molecule has 0 saturated carbocycles. The van der Waals surface area contributed by atoms with Crippen molar-refractivity contribution in [1.82, 2.24) is 5.32 Å². The van der Waals surface area contributed by atoms with Gasteiger partial charge in [0, 0.05) is 23.1 Å². The van der Waals surface area contributed by atoms with Crippen LogP contribution < -0.4 is 5.32 Å². The van der Waals surface area contributed by atoms with E-state index in [9.17, 15) is 4.79 Å². The highest BCUT2D eigenvalue weighted by atomic mass is 35.5. The summed E-state index contributed by atoms with van der Waals surface area (Å²) in [5.41, 5.74) is 0. The van der Waals surface area contributed by atoms with E-state index in [1.54, 1.807) is 18.7 Å². The Balaban J connectivity index is 2.29. The highest BCUT2D eigenvalue weighted by molar-refractivity contribution is 7.99. The number of rotatable bonds is 6. The number of benzene rings is 1. The van der Waals surface area contributed by atoms with Gasteiger partial charge in [0.1, 0.15) is 0 Å². The van der Waals surface area contributed by atoms with Crippen molar-refractivity contribution in [3.63, 3.8) is 0 Å². The topological polar surface area (TPSA) is 49.3 Å². The molecular weight excluding hydrogens is 258 g/mol. The average molecular weight is 274 g/mol. The number of aliphatic hydroxyl groups is 1. The lowest BCUT2D eigenvalue weighted by molar-refractivity contribution is -0.121. The summed E-state index contributed by atoms with van der Waals surface area (Å²) in [5, 5.41) is 12.2. The van der Waals surface area contributed by atoms with Crippen LogP contribution in [0.4, 0.5) is 0 Å². The first-order valence-corrected chi connectivity index (χ1v) is 6.77. The van der Waals surface area contributed by atoms with Crippen LogP contribution in [0.5, 0.6) is 0 Å². The van der Waals surface area contributed by atoms with Crippen molar-refractivity contribution in [2.45, 2.75) is 24.3 Å². The Morgan fingerprint density at radius 3 is 2.88 bits per heavy atom. The lowest BCUT2D eigenvalue weighted by atomic mass is 10.3. The van der Waals surface area contributed by atoms with E-state index in [1.165, 1.54) is 0 Å². The first-order chi connectivity index (χ1) is 8.13. The standard InChI is InChI=1S/C12H16ClNO2S/c1-9(8-15)14-12(16)6-7-17-11-5-3-2-4-10(11)13/h2-5,9,15H,6-8H2,1H3,(H,14,16)/t9-/m1/s1. The van der Waals surface area contributed by atoms with Crippen molar-refractivity contribution in [2.24, 2.45) is 0 Å². The number of hydrogen-bond donors (Lipinski definition) is 2. The fourth-order valence-electron chi connectivity index (χ4n) is 1.21. The molecule has 2 N–H and O–H groups in total. The van der Waals surface area contributed by atoms with Gasteiger partial charge in [-0.2, -0.15) is 0 Å². The fraction of sp³-hybridized carbons (Fsp3) is 0.417. The number of carbonyl (C=O) groups is 1. The van der Waals surface area contributed by atoms with E-state index in [0.717, 1.165) is 4.90 Å². The maximum atomic E-state index is 11.4. The second kappa shape index (κ2) is 7.58. The minimum Gasteiger partial charge on any atom is -0.394 e. The van der Waals surface area contributed by atoms with Crippen molar-refractivity contribution >= 4 is 29.3 Å². The number of halogens is 1. The third kappa shape index (κ3) is 5.44. The summed E-state index contributed by atoms with van der Waals surface area (Å²) >= 11 is 7.55. The predicted molar refractivity (Wildman–Crippen MR) is 71.5 cm³/mol. The fourth-order valence-corrected chi connectivity index (χ4v) is 2.40. The first kappa shape index (κ1) is 14.4. The Morgan fingerprint density at radius 2 is 2.24 bits per heavy atom. The normalized spacial score (nSPS) is 12.2. The second-order valence-electron chi connectivity index (χ2n) is 3.68. The van der Waals surface area contributed by atoms with Gasteiger partial charge in [-0.05, 0) is 19.1 Å². The van der Waals surface area contributed by atoms with Gasteiger partial charge in [-0.15, -0.1) is 11.8 Å². The Morgan fingerprint density at radius 1 is 1.53 bits per heavy atom. The van der Waals surface area contributed by atoms with Gasteiger partial charge in [0.2, 0.25) is 5.91 Å². The molecule has 0 aromatic heterocycles. The lowest BCUT2D eigenvalue weighted by Gasteiger charge is -2.10. The van der Waals surface area contributed by atoms with Gasteiger partial charge >= 0.3 is 0 Å². The maximum Gasteiger partial charge on any atom is 0.221 e. The van der Waals surface area contributed by atoms with E-state index < -0.39 is 0 Å². The van der Waals surface area contributed by atoms with E-state index >= 15 is 0 Å². The summed E-state index contributed by atoms with van der Waals surface area (Å²) in [6.45, 7) is 1.72. The van der Waals surface area contributed by atoms with Gasteiger partial charge in [0.25, 0.3) is 0 Å². The molecule has 17 heavy (non-hydrogen) atoms. The number of aliphatic hydroxyl groups excluding tert-OH is 1. The van der Waals surface area contributed by atoms with Gasteiger partial charge < -0.3 is 10.4 Å². The molecule has 0 saturated heterocycles. The van der Waals surface area contributed by atoms with Crippen molar-refractivity contribution in [3.8, 4) is 0 Å². The predicted octanol–water partition coefficient (Wildman–Crippen LogP) is 2.32. The van der Waals surface area contributed by atoms with E-state index in [0.29, 0.717) is 17.2 Å². The summed E-state index contributed by atoms with van der Waals surface area (Å²) < 4.78 is 0. The van der Waals surface area contributed by atoms with E-state index in [4.69, 9.17) is 16.7 Å². The zero-order valence-corrected chi connectivity index (χ0v) is 11.2. The molecule has 0 aliphatic heterocycles. The van der Waals surface area contributed by atoms with Crippen LogP contribution in [-0.2, 0) is 4.79 Å². The van der Waals surface area contributed by atoms with Gasteiger partial charge in [-0.25, -0.2) is 0 Å². The van der Waals surface area contributed by atoms with Crippen LogP contribution in [0.15, 0.2) is 29.2 Å². The van der Waals surface area contributed by atoms with Crippen LogP contribution in [-0.4, -0.2) is 29.4 Å². The minimum absolute atomic E-state index is 0.0383. The molecule has 0 radical (unpaired) electrons. The van der Waals surface area contributed by atoms with Crippen molar-refractivity contribution in [1.29, 1.82) is 0 Å². The molecule has 1 rings (SSSR count). The molecule has 1 amide bonds. The molecule has 1 aromatic carbocycles. The SMILES string of the molecule is C[C@H](CO)NC(=O)CCSc1ccccc1Cl. The monoisotopic (exact) mass is 273 g/mol. The smallest absolute Gasteiger partial charge is 0.221 e. The molecule has 0 fully saturated rings. The Labute approximate surface area is 111 Å². The molecule has 0 bridgehead atoms.